The number of carbonyl (C=O) groups is 1. The van der Waals surface area contributed by atoms with Crippen LogP contribution in [0.5, 0.6) is 0 Å². The minimum absolute atomic E-state index is 0.346. The number of rotatable bonds is 0. The second-order valence-corrected chi connectivity index (χ2v) is 2.43. The van der Waals surface area contributed by atoms with E-state index in [2.05, 4.69) is 14.7 Å². The molecule has 0 aromatic carbocycles. The molecule has 13 heavy (non-hydrogen) atoms. The van der Waals surface area contributed by atoms with E-state index >= 15 is 0 Å². The zero-order chi connectivity index (χ0) is 9.52. The minimum atomic E-state index is -0.477. The molecule has 0 saturated carbocycles. The zero-order valence-electron chi connectivity index (χ0n) is 6.68. The van der Waals surface area contributed by atoms with Crippen molar-refractivity contribution in [2.75, 3.05) is 6.61 Å². The number of hydrogen-bond donors (Lipinski definition) is 0. The second-order valence-electron chi connectivity index (χ2n) is 2.04. The number of ether oxygens (including phenoxy) is 1. The summed E-state index contributed by atoms with van der Waals surface area (Å²) in [6.07, 6.45) is 2.61. The Kier molecular flexibility index (Phi) is 3.92. The summed E-state index contributed by atoms with van der Waals surface area (Å²) in [5, 5.41) is 0.544. The Bertz CT molecular complexity index is 300. The van der Waals surface area contributed by atoms with Crippen LogP contribution >= 0.6 is 11.6 Å². The Balaban J connectivity index is 0.000000132. The molecule has 0 spiro atoms. The van der Waals surface area contributed by atoms with Gasteiger partial charge in [0.05, 0.1) is 0 Å². The van der Waals surface area contributed by atoms with Gasteiger partial charge in [-0.25, -0.2) is 9.78 Å². The molecule has 0 fully saturated rings. The molecule has 0 N–H and O–H groups in total. The predicted octanol–water partition coefficient (Wildman–Crippen LogP) is 1.94. The molecular formula is C8H7ClN2O2. The molecule has 0 unspecified atom stereocenters. The van der Waals surface area contributed by atoms with Gasteiger partial charge in [-0.15, -0.1) is 0 Å². The molecule has 0 atom stereocenters. The average molecular weight is 199 g/mol. The number of aromatic nitrogens is 1. The highest BCUT2D eigenvalue weighted by molar-refractivity contribution is 6.29. The van der Waals surface area contributed by atoms with Gasteiger partial charge in [-0.2, -0.15) is 4.99 Å². The molecule has 68 valence electrons. The van der Waals surface area contributed by atoms with Crippen molar-refractivity contribution in [1.29, 1.82) is 0 Å². The third kappa shape index (κ3) is 4.22. The van der Waals surface area contributed by atoms with Crippen LogP contribution < -0.4 is 0 Å². The van der Waals surface area contributed by atoms with E-state index in [-0.39, 0.29) is 0 Å². The number of pyridine rings is 1. The Morgan fingerprint density at radius 2 is 2.31 bits per heavy atom. The average Bonchev–Trinajstić information content (AvgIpc) is 2.58. The van der Waals surface area contributed by atoms with Crippen molar-refractivity contribution in [3.8, 4) is 0 Å². The van der Waals surface area contributed by atoms with Gasteiger partial charge in [0.15, 0.2) is 0 Å². The maximum atomic E-state index is 9.82. The van der Waals surface area contributed by atoms with Crippen LogP contribution in [0, 0.1) is 0 Å². The maximum absolute atomic E-state index is 9.82. The van der Waals surface area contributed by atoms with Crippen LogP contribution in [0.15, 0.2) is 29.4 Å². The topological polar surface area (TPSA) is 51.5 Å². The lowest BCUT2D eigenvalue weighted by molar-refractivity contribution is 0.181. The van der Waals surface area contributed by atoms with Crippen LogP contribution in [0.3, 0.4) is 0 Å². The summed E-state index contributed by atoms with van der Waals surface area (Å²) in [6.45, 7) is 0.346. The lowest BCUT2D eigenvalue weighted by atomic mass is 10.5. The van der Waals surface area contributed by atoms with Crippen LogP contribution in [0.1, 0.15) is 0 Å². The molecule has 5 heteroatoms. The highest BCUT2D eigenvalue weighted by atomic mass is 35.5. The van der Waals surface area contributed by atoms with Gasteiger partial charge in [0.2, 0.25) is 0 Å². The van der Waals surface area contributed by atoms with E-state index in [0.717, 1.165) is 0 Å². The molecule has 1 aromatic rings. The number of nitrogens with zero attached hydrogens (tertiary/aromatic N) is 2. The first-order chi connectivity index (χ1) is 6.29. The maximum Gasteiger partial charge on any atom is 0.433 e. The standard InChI is InChI=1S/C5H4ClN.C3H3NO2/c6-5-3-1-2-4-7-5;5-3-4-1-2-6-3/h1-4H;1H,2H2. The van der Waals surface area contributed by atoms with E-state index in [0.29, 0.717) is 11.8 Å². The van der Waals surface area contributed by atoms with Crippen molar-refractivity contribution in [1.82, 2.24) is 4.98 Å². The van der Waals surface area contributed by atoms with Gasteiger partial charge in [0, 0.05) is 12.4 Å². The molecule has 0 bridgehead atoms. The predicted molar refractivity (Wildman–Crippen MR) is 49.1 cm³/mol. The molecule has 1 amide bonds. The lowest BCUT2D eigenvalue weighted by Gasteiger charge is -1.79. The van der Waals surface area contributed by atoms with Gasteiger partial charge in [0.1, 0.15) is 11.8 Å². The number of halogens is 1. The Labute approximate surface area is 80.2 Å². The van der Waals surface area contributed by atoms with E-state index in [1.54, 1.807) is 12.3 Å². The molecule has 0 saturated heterocycles. The Morgan fingerprint density at radius 1 is 1.46 bits per heavy atom. The Morgan fingerprint density at radius 3 is 2.54 bits per heavy atom. The minimum Gasteiger partial charge on any atom is -0.442 e. The summed E-state index contributed by atoms with van der Waals surface area (Å²) in [7, 11) is 0. The SMILES string of the molecule is Clc1ccccn1.O=C1N=CCO1. The van der Waals surface area contributed by atoms with Crippen molar-refractivity contribution >= 4 is 23.9 Å². The molecule has 0 aliphatic carbocycles. The number of hydrogen-bond acceptors (Lipinski definition) is 3. The van der Waals surface area contributed by atoms with Crippen LogP contribution in [-0.4, -0.2) is 23.9 Å². The van der Waals surface area contributed by atoms with E-state index in [1.807, 2.05) is 12.1 Å². The van der Waals surface area contributed by atoms with E-state index in [4.69, 9.17) is 11.6 Å². The van der Waals surface area contributed by atoms with Gasteiger partial charge in [-0.1, -0.05) is 17.7 Å². The van der Waals surface area contributed by atoms with Crippen LogP contribution in [0.4, 0.5) is 4.79 Å². The molecule has 1 aromatic heterocycles. The first-order valence-electron chi connectivity index (χ1n) is 3.55. The van der Waals surface area contributed by atoms with Crippen molar-refractivity contribution in [2.24, 2.45) is 4.99 Å². The molecule has 2 rings (SSSR count). The van der Waals surface area contributed by atoms with Crippen LogP contribution in [-0.2, 0) is 4.74 Å². The first kappa shape index (κ1) is 9.67. The summed E-state index contributed by atoms with van der Waals surface area (Å²) >= 11 is 5.43. The lowest BCUT2D eigenvalue weighted by Crippen LogP contribution is -1.87. The van der Waals surface area contributed by atoms with Crippen molar-refractivity contribution in [2.45, 2.75) is 0 Å². The highest BCUT2D eigenvalue weighted by Crippen LogP contribution is 1.98. The fourth-order valence-corrected chi connectivity index (χ4v) is 0.729. The number of aliphatic imine (C=N–C) groups is 1. The Hall–Kier alpha value is -1.42. The highest BCUT2D eigenvalue weighted by Gasteiger charge is 2.00. The van der Waals surface area contributed by atoms with Crippen molar-refractivity contribution < 1.29 is 9.53 Å². The molecule has 4 nitrogen and oxygen atoms in total. The monoisotopic (exact) mass is 198 g/mol. The largest absolute Gasteiger partial charge is 0.442 e. The summed E-state index contributed by atoms with van der Waals surface area (Å²) in [5.41, 5.74) is 0. The van der Waals surface area contributed by atoms with E-state index in [1.165, 1.54) is 6.21 Å². The van der Waals surface area contributed by atoms with Gasteiger partial charge >= 0.3 is 6.09 Å². The molecule has 1 aliphatic rings. The fourth-order valence-electron chi connectivity index (χ4n) is 0.600. The first-order valence-corrected chi connectivity index (χ1v) is 3.92. The van der Waals surface area contributed by atoms with E-state index < -0.39 is 6.09 Å². The second kappa shape index (κ2) is 5.27. The molecule has 1 aliphatic heterocycles. The molecule has 2 heterocycles. The summed E-state index contributed by atoms with van der Waals surface area (Å²) in [4.78, 5) is 16.8. The number of carbonyl (C=O) groups excluding carboxylic acids is 1. The number of amides is 1. The van der Waals surface area contributed by atoms with Gasteiger partial charge in [0.25, 0.3) is 0 Å². The number of cyclic esters (lactones) is 1. The zero-order valence-corrected chi connectivity index (χ0v) is 7.44. The summed E-state index contributed by atoms with van der Waals surface area (Å²) in [5.74, 6) is 0. The quantitative estimate of drug-likeness (QED) is 0.599. The summed E-state index contributed by atoms with van der Waals surface area (Å²) < 4.78 is 4.29. The summed E-state index contributed by atoms with van der Waals surface area (Å²) in [6, 6.07) is 5.41. The van der Waals surface area contributed by atoms with Gasteiger partial charge in [-0.3, -0.25) is 0 Å². The van der Waals surface area contributed by atoms with Crippen LogP contribution in [0.25, 0.3) is 0 Å². The van der Waals surface area contributed by atoms with Crippen LogP contribution in [0.2, 0.25) is 5.15 Å². The normalized spacial score (nSPS) is 13.2. The molecular weight excluding hydrogens is 192 g/mol. The third-order valence-electron chi connectivity index (χ3n) is 1.11. The molecule has 0 radical (unpaired) electrons. The van der Waals surface area contributed by atoms with Gasteiger partial charge in [-0.05, 0) is 12.1 Å². The fraction of sp³-hybridized carbons (Fsp3) is 0.125. The van der Waals surface area contributed by atoms with Crippen molar-refractivity contribution in [3.05, 3.63) is 29.5 Å². The van der Waals surface area contributed by atoms with Gasteiger partial charge < -0.3 is 4.74 Å². The smallest absolute Gasteiger partial charge is 0.433 e. The van der Waals surface area contributed by atoms with Crippen molar-refractivity contribution in [3.63, 3.8) is 0 Å². The third-order valence-corrected chi connectivity index (χ3v) is 1.33. The van der Waals surface area contributed by atoms with E-state index in [9.17, 15) is 4.79 Å².